The average molecular weight is 416 g/mol. The Morgan fingerprint density at radius 1 is 1.13 bits per heavy atom. The summed E-state index contributed by atoms with van der Waals surface area (Å²) >= 11 is 0. The SMILES string of the molecule is CCn1nc(C)cc1C(=O)Nc1ccc(C(=O)c2ccc3c(c2)NC(=O)C3C=O)cc1. The van der Waals surface area contributed by atoms with Gasteiger partial charge in [0.25, 0.3) is 5.91 Å². The molecule has 31 heavy (non-hydrogen) atoms. The van der Waals surface area contributed by atoms with Gasteiger partial charge >= 0.3 is 0 Å². The van der Waals surface area contributed by atoms with Crippen molar-refractivity contribution in [2.75, 3.05) is 10.6 Å². The first-order valence-electron chi connectivity index (χ1n) is 9.82. The van der Waals surface area contributed by atoms with Crippen LogP contribution in [0.4, 0.5) is 11.4 Å². The molecule has 0 saturated heterocycles. The van der Waals surface area contributed by atoms with E-state index < -0.39 is 11.8 Å². The van der Waals surface area contributed by atoms with Crippen molar-refractivity contribution in [1.29, 1.82) is 0 Å². The number of nitrogens with one attached hydrogen (secondary N) is 2. The van der Waals surface area contributed by atoms with Crippen LogP contribution in [0.25, 0.3) is 0 Å². The minimum absolute atomic E-state index is 0.232. The smallest absolute Gasteiger partial charge is 0.273 e. The predicted molar refractivity (Wildman–Crippen MR) is 114 cm³/mol. The number of hydrogen-bond donors (Lipinski definition) is 2. The highest BCUT2D eigenvalue weighted by Crippen LogP contribution is 2.32. The second kappa shape index (κ2) is 7.98. The van der Waals surface area contributed by atoms with Gasteiger partial charge in [-0.2, -0.15) is 5.10 Å². The van der Waals surface area contributed by atoms with Gasteiger partial charge in [-0.15, -0.1) is 0 Å². The van der Waals surface area contributed by atoms with Crippen molar-refractivity contribution in [3.8, 4) is 0 Å². The molecule has 0 saturated carbocycles. The molecule has 1 aliphatic heterocycles. The summed E-state index contributed by atoms with van der Waals surface area (Å²) < 4.78 is 1.63. The molecule has 4 rings (SSSR count). The zero-order valence-corrected chi connectivity index (χ0v) is 17.0. The van der Waals surface area contributed by atoms with Crippen LogP contribution in [0.3, 0.4) is 0 Å². The molecule has 2 heterocycles. The molecule has 0 fully saturated rings. The standard InChI is InChI=1S/C23H20N4O4/c1-3-27-20(10-13(2)26-27)23(31)24-16-7-4-14(5-8-16)21(29)15-6-9-17-18(12-28)22(30)25-19(17)11-15/h4-12,18H,3H2,1-2H3,(H,24,31)(H,25,30). The van der Waals surface area contributed by atoms with Crippen molar-refractivity contribution in [2.24, 2.45) is 0 Å². The molecule has 2 N–H and O–H groups in total. The number of carbonyl (C=O) groups is 4. The van der Waals surface area contributed by atoms with Crippen molar-refractivity contribution in [2.45, 2.75) is 26.3 Å². The highest BCUT2D eigenvalue weighted by atomic mass is 16.2. The monoisotopic (exact) mass is 416 g/mol. The van der Waals surface area contributed by atoms with Gasteiger partial charge in [0.1, 0.15) is 17.9 Å². The number of aromatic nitrogens is 2. The molecule has 8 heteroatoms. The fraction of sp³-hybridized carbons (Fsp3) is 0.174. The van der Waals surface area contributed by atoms with Gasteiger partial charge < -0.3 is 15.4 Å². The first-order chi connectivity index (χ1) is 14.9. The van der Waals surface area contributed by atoms with Crippen molar-refractivity contribution < 1.29 is 19.2 Å². The summed E-state index contributed by atoms with van der Waals surface area (Å²) in [5.41, 5.74) is 3.65. The Balaban J connectivity index is 1.50. The van der Waals surface area contributed by atoms with Crippen LogP contribution < -0.4 is 10.6 Å². The van der Waals surface area contributed by atoms with Crippen LogP contribution in [0, 0.1) is 6.92 Å². The first kappa shape index (κ1) is 20.2. The lowest BCUT2D eigenvalue weighted by molar-refractivity contribution is -0.121. The molecule has 2 amide bonds. The normalized spacial score (nSPS) is 14.6. The minimum atomic E-state index is -0.838. The Kier molecular flexibility index (Phi) is 5.21. The number of rotatable bonds is 6. The fourth-order valence-corrected chi connectivity index (χ4v) is 3.60. The van der Waals surface area contributed by atoms with E-state index in [0.717, 1.165) is 5.69 Å². The van der Waals surface area contributed by atoms with E-state index in [1.165, 1.54) is 0 Å². The van der Waals surface area contributed by atoms with E-state index in [2.05, 4.69) is 15.7 Å². The molecule has 1 aromatic heterocycles. The van der Waals surface area contributed by atoms with Crippen LogP contribution in [-0.4, -0.2) is 33.7 Å². The fourth-order valence-electron chi connectivity index (χ4n) is 3.60. The lowest BCUT2D eigenvalue weighted by Crippen LogP contribution is -2.17. The van der Waals surface area contributed by atoms with Crippen LogP contribution >= 0.6 is 0 Å². The molecule has 2 aromatic carbocycles. The summed E-state index contributed by atoms with van der Waals surface area (Å²) in [6.45, 7) is 4.32. The van der Waals surface area contributed by atoms with Gasteiger partial charge in [0.2, 0.25) is 5.91 Å². The molecule has 3 aromatic rings. The first-order valence-corrected chi connectivity index (χ1v) is 9.82. The molecule has 1 unspecified atom stereocenters. The van der Waals surface area contributed by atoms with E-state index in [1.807, 2.05) is 13.8 Å². The van der Waals surface area contributed by atoms with E-state index in [-0.39, 0.29) is 11.7 Å². The zero-order valence-electron chi connectivity index (χ0n) is 17.0. The summed E-state index contributed by atoms with van der Waals surface area (Å²) in [7, 11) is 0. The van der Waals surface area contributed by atoms with Gasteiger partial charge in [0.05, 0.1) is 5.69 Å². The van der Waals surface area contributed by atoms with Crippen LogP contribution in [0.5, 0.6) is 0 Å². The number of hydrogen-bond acceptors (Lipinski definition) is 5. The third-order valence-electron chi connectivity index (χ3n) is 5.17. The number of aryl methyl sites for hydroxylation is 2. The Bertz CT molecular complexity index is 1210. The molecule has 1 atom stereocenters. The molecule has 0 aliphatic carbocycles. The quantitative estimate of drug-likeness (QED) is 0.365. The number of benzene rings is 2. The molecule has 1 aliphatic rings. The molecule has 156 valence electrons. The number of amides is 2. The van der Waals surface area contributed by atoms with Crippen molar-refractivity contribution in [3.63, 3.8) is 0 Å². The second-order valence-corrected chi connectivity index (χ2v) is 7.25. The summed E-state index contributed by atoms with van der Waals surface area (Å²) in [5, 5.41) is 9.70. The molecule has 0 bridgehead atoms. The summed E-state index contributed by atoms with van der Waals surface area (Å²) in [6, 6.07) is 13.1. The molecule has 8 nitrogen and oxygen atoms in total. The molecular weight excluding hydrogens is 396 g/mol. The topological polar surface area (TPSA) is 110 Å². The van der Waals surface area contributed by atoms with Crippen LogP contribution in [0.2, 0.25) is 0 Å². The van der Waals surface area contributed by atoms with Gasteiger partial charge in [0.15, 0.2) is 5.78 Å². The van der Waals surface area contributed by atoms with E-state index >= 15 is 0 Å². The lowest BCUT2D eigenvalue weighted by atomic mass is 9.97. The van der Waals surface area contributed by atoms with Crippen molar-refractivity contribution in [3.05, 3.63) is 76.6 Å². The number of aldehydes is 1. The van der Waals surface area contributed by atoms with Gasteiger partial charge in [0, 0.05) is 29.0 Å². The van der Waals surface area contributed by atoms with E-state index in [1.54, 1.807) is 53.2 Å². The maximum Gasteiger partial charge on any atom is 0.273 e. The highest BCUT2D eigenvalue weighted by Gasteiger charge is 2.30. The Labute approximate surface area is 178 Å². The maximum atomic E-state index is 12.8. The number of ketones is 1. The van der Waals surface area contributed by atoms with E-state index in [0.29, 0.717) is 46.6 Å². The average Bonchev–Trinajstić information content (AvgIpc) is 3.31. The Morgan fingerprint density at radius 3 is 2.52 bits per heavy atom. The van der Waals surface area contributed by atoms with E-state index in [4.69, 9.17) is 0 Å². The maximum absolute atomic E-state index is 12.8. The highest BCUT2D eigenvalue weighted by molar-refractivity contribution is 6.14. The van der Waals surface area contributed by atoms with Crippen molar-refractivity contribution in [1.82, 2.24) is 9.78 Å². The van der Waals surface area contributed by atoms with Crippen molar-refractivity contribution >= 4 is 35.3 Å². The number of carbonyl (C=O) groups excluding carboxylic acids is 4. The largest absolute Gasteiger partial charge is 0.325 e. The van der Waals surface area contributed by atoms with Crippen LogP contribution in [0.1, 0.15) is 50.5 Å². The van der Waals surface area contributed by atoms with Crippen LogP contribution in [-0.2, 0) is 16.1 Å². The summed E-state index contributed by atoms with van der Waals surface area (Å²) in [6.07, 6.45) is 0.588. The van der Waals surface area contributed by atoms with E-state index in [9.17, 15) is 19.2 Å². The number of fused-ring (bicyclic) bond motifs is 1. The minimum Gasteiger partial charge on any atom is -0.325 e. The number of nitrogens with zero attached hydrogens (tertiary/aromatic N) is 2. The summed E-state index contributed by atoms with van der Waals surface area (Å²) in [4.78, 5) is 48.3. The molecular formula is C23H20N4O4. The van der Waals surface area contributed by atoms with Gasteiger partial charge in [-0.1, -0.05) is 12.1 Å². The zero-order chi connectivity index (χ0) is 22.1. The Morgan fingerprint density at radius 2 is 1.84 bits per heavy atom. The van der Waals surface area contributed by atoms with Gasteiger partial charge in [-0.25, -0.2) is 0 Å². The third kappa shape index (κ3) is 3.75. The third-order valence-corrected chi connectivity index (χ3v) is 5.17. The predicted octanol–water partition coefficient (Wildman–Crippen LogP) is 2.93. The molecule has 0 spiro atoms. The summed E-state index contributed by atoms with van der Waals surface area (Å²) in [5.74, 6) is -1.74. The number of anilines is 2. The van der Waals surface area contributed by atoms with Gasteiger partial charge in [-0.05, 0) is 55.8 Å². The molecule has 0 radical (unpaired) electrons. The van der Waals surface area contributed by atoms with Gasteiger partial charge in [-0.3, -0.25) is 19.1 Å². The second-order valence-electron chi connectivity index (χ2n) is 7.25. The van der Waals surface area contributed by atoms with Crippen LogP contribution in [0.15, 0.2) is 48.5 Å². The lowest BCUT2D eigenvalue weighted by Gasteiger charge is -2.08. The Hall–Kier alpha value is -4.07.